The first kappa shape index (κ1) is 19.5. The highest BCUT2D eigenvalue weighted by atomic mass is 32.2. The third-order valence-corrected chi connectivity index (χ3v) is 6.13. The molecule has 0 bridgehead atoms. The summed E-state index contributed by atoms with van der Waals surface area (Å²) >= 11 is 0. The molecule has 0 saturated carbocycles. The van der Waals surface area contributed by atoms with Crippen LogP contribution in [-0.4, -0.2) is 35.9 Å². The van der Waals surface area contributed by atoms with E-state index in [0.29, 0.717) is 23.9 Å². The molecule has 1 aromatic carbocycles. The zero-order valence-electron chi connectivity index (χ0n) is 14.1. The predicted molar refractivity (Wildman–Crippen MR) is 93.0 cm³/mol. The summed E-state index contributed by atoms with van der Waals surface area (Å²) in [5, 5.41) is 9.17. The minimum absolute atomic E-state index is 0.0406. The van der Waals surface area contributed by atoms with E-state index in [1.165, 1.54) is 0 Å². The Morgan fingerprint density at radius 2 is 1.89 bits per heavy atom. The van der Waals surface area contributed by atoms with Gasteiger partial charge in [-0.05, 0) is 42.3 Å². The molecule has 1 N–H and O–H groups in total. The van der Waals surface area contributed by atoms with Crippen molar-refractivity contribution >= 4 is 15.6 Å². The second-order valence-electron chi connectivity index (χ2n) is 6.04. The number of aliphatic hydroxyl groups is 1. The third-order valence-electron chi connectivity index (χ3n) is 4.27. The number of pyridine rings is 1. The Labute approximate surface area is 154 Å². The fourth-order valence-corrected chi connectivity index (χ4v) is 4.26. The SMILES string of the molecule is O=S(=O)(c1cccc(C(F)(F)F)c1)N1CC=C(c2cccc(CO)n2)CC1. The Morgan fingerprint density at radius 1 is 1.15 bits per heavy atom. The summed E-state index contributed by atoms with van der Waals surface area (Å²) < 4.78 is 65.1. The Kier molecular flexibility index (Phi) is 5.36. The lowest BCUT2D eigenvalue weighted by Crippen LogP contribution is -2.34. The van der Waals surface area contributed by atoms with E-state index in [1.54, 1.807) is 24.3 Å². The van der Waals surface area contributed by atoms with E-state index in [4.69, 9.17) is 5.11 Å². The van der Waals surface area contributed by atoms with Crippen molar-refractivity contribution in [2.75, 3.05) is 13.1 Å². The average Bonchev–Trinajstić information content (AvgIpc) is 2.67. The summed E-state index contributed by atoms with van der Waals surface area (Å²) in [6.45, 7) is -0.0223. The van der Waals surface area contributed by atoms with Gasteiger partial charge in [-0.2, -0.15) is 17.5 Å². The van der Waals surface area contributed by atoms with E-state index in [9.17, 15) is 21.6 Å². The molecule has 0 spiro atoms. The highest BCUT2D eigenvalue weighted by Crippen LogP contribution is 2.32. The molecular weight excluding hydrogens is 381 g/mol. The van der Waals surface area contributed by atoms with Gasteiger partial charge in [0.05, 0.1) is 28.5 Å². The normalized spacial score (nSPS) is 16.2. The predicted octanol–water partition coefficient (Wildman–Crippen LogP) is 3.07. The molecule has 27 heavy (non-hydrogen) atoms. The van der Waals surface area contributed by atoms with Crippen molar-refractivity contribution in [2.24, 2.45) is 0 Å². The lowest BCUT2D eigenvalue weighted by molar-refractivity contribution is -0.137. The van der Waals surface area contributed by atoms with Crippen molar-refractivity contribution in [3.63, 3.8) is 0 Å². The smallest absolute Gasteiger partial charge is 0.390 e. The fourth-order valence-electron chi connectivity index (χ4n) is 2.83. The zero-order chi connectivity index (χ0) is 19.7. The number of halogens is 3. The van der Waals surface area contributed by atoms with Gasteiger partial charge in [0.2, 0.25) is 10.0 Å². The molecule has 2 aromatic rings. The van der Waals surface area contributed by atoms with Gasteiger partial charge in [0.15, 0.2) is 0 Å². The molecule has 0 fully saturated rings. The van der Waals surface area contributed by atoms with E-state index in [2.05, 4.69) is 4.98 Å². The summed E-state index contributed by atoms with van der Waals surface area (Å²) in [6, 6.07) is 8.94. The van der Waals surface area contributed by atoms with Gasteiger partial charge in [-0.1, -0.05) is 18.2 Å². The van der Waals surface area contributed by atoms with Crippen LogP contribution in [0.1, 0.15) is 23.4 Å². The highest BCUT2D eigenvalue weighted by molar-refractivity contribution is 7.89. The van der Waals surface area contributed by atoms with Crippen molar-refractivity contribution in [1.29, 1.82) is 0 Å². The molecule has 1 aliphatic heterocycles. The minimum Gasteiger partial charge on any atom is -0.390 e. The molecule has 0 atom stereocenters. The topological polar surface area (TPSA) is 70.5 Å². The Balaban J connectivity index is 1.83. The first-order chi connectivity index (χ1) is 12.7. The van der Waals surface area contributed by atoms with Crippen molar-refractivity contribution in [3.8, 4) is 0 Å². The molecule has 2 heterocycles. The van der Waals surface area contributed by atoms with Crippen LogP contribution in [0.5, 0.6) is 0 Å². The maximum absolute atomic E-state index is 12.9. The lowest BCUT2D eigenvalue weighted by Gasteiger charge is -2.26. The first-order valence-electron chi connectivity index (χ1n) is 8.15. The number of sulfonamides is 1. The molecule has 0 unspecified atom stereocenters. The van der Waals surface area contributed by atoms with Gasteiger partial charge in [-0.15, -0.1) is 0 Å². The minimum atomic E-state index is -4.61. The van der Waals surface area contributed by atoms with Crippen LogP contribution in [0.3, 0.4) is 0 Å². The molecule has 0 aliphatic carbocycles. The Hall–Kier alpha value is -2.23. The van der Waals surface area contributed by atoms with Gasteiger partial charge in [0.1, 0.15) is 0 Å². The third kappa shape index (κ3) is 4.20. The van der Waals surface area contributed by atoms with Gasteiger partial charge in [-0.25, -0.2) is 8.42 Å². The molecule has 144 valence electrons. The van der Waals surface area contributed by atoms with Crippen LogP contribution >= 0.6 is 0 Å². The van der Waals surface area contributed by atoms with Gasteiger partial charge in [-0.3, -0.25) is 4.98 Å². The summed E-state index contributed by atoms with van der Waals surface area (Å²) in [7, 11) is -4.03. The maximum Gasteiger partial charge on any atom is 0.416 e. The second kappa shape index (κ2) is 7.41. The molecule has 0 radical (unpaired) electrons. The zero-order valence-corrected chi connectivity index (χ0v) is 15.0. The number of hydrogen-bond donors (Lipinski definition) is 1. The summed E-state index contributed by atoms with van der Waals surface area (Å²) in [4.78, 5) is 3.91. The van der Waals surface area contributed by atoms with E-state index in [0.717, 1.165) is 28.1 Å². The van der Waals surface area contributed by atoms with E-state index < -0.39 is 21.8 Å². The van der Waals surface area contributed by atoms with Crippen molar-refractivity contribution in [3.05, 3.63) is 65.5 Å². The molecular formula is C18H17F3N2O3S. The van der Waals surface area contributed by atoms with Crippen molar-refractivity contribution < 1.29 is 26.7 Å². The largest absolute Gasteiger partial charge is 0.416 e. The summed E-state index contributed by atoms with van der Waals surface area (Å²) in [6.07, 6.45) is -2.54. The number of rotatable bonds is 4. The van der Waals surface area contributed by atoms with E-state index >= 15 is 0 Å². The van der Waals surface area contributed by atoms with Gasteiger partial charge in [0.25, 0.3) is 0 Å². The van der Waals surface area contributed by atoms with Crippen molar-refractivity contribution in [2.45, 2.75) is 24.1 Å². The lowest BCUT2D eigenvalue weighted by atomic mass is 10.1. The number of nitrogens with zero attached hydrogens (tertiary/aromatic N) is 2. The van der Waals surface area contributed by atoms with Gasteiger partial charge < -0.3 is 5.11 Å². The number of alkyl halides is 3. The molecule has 1 aliphatic rings. The quantitative estimate of drug-likeness (QED) is 0.859. The monoisotopic (exact) mass is 398 g/mol. The molecule has 9 heteroatoms. The molecule has 0 amide bonds. The number of aromatic nitrogens is 1. The van der Waals surface area contributed by atoms with E-state index in [-0.39, 0.29) is 24.6 Å². The Bertz CT molecular complexity index is 972. The van der Waals surface area contributed by atoms with Crippen LogP contribution in [0.15, 0.2) is 53.4 Å². The van der Waals surface area contributed by atoms with Crippen LogP contribution in [0.25, 0.3) is 5.57 Å². The second-order valence-corrected chi connectivity index (χ2v) is 7.98. The van der Waals surface area contributed by atoms with E-state index in [1.807, 2.05) is 0 Å². The summed E-state index contributed by atoms with van der Waals surface area (Å²) in [5.41, 5.74) is 0.993. The van der Waals surface area contributed by atoms with Crippen LogP contribution in [-0.2, 0) is 22.8 Å². The van der Waals surface area contributed by atoms with Gasteiger partial charge in [0, 0.05) is 13.1 Å². The first-order valence-corrected chi connectivity index (χ1v) is 9.59. The van der Waals surface area contributed by atoms with Crippen molar-refractivity contribution in [1.82, 2.24) is 9.29 Å². The van der Waals surface area contributed by atoms with Crippen LogP contribution in [0.4, 0.5) is 13.2 Å². The summed E-state index contributed by atoms with van der Waals surface area (Å²) in [5.74, 6) is 0. The van der Waals surface area contributed by atoms with Crippen LogP contribution < -0.4 is 0 Å². The van der Waals surface area contributed by atoms with Gasteiger partial charge >= 0.3 is 6.18 Å². The fraction of sp³-hybridized carbons (Fsp3) is 0.278. The van der Waals surface area contributed by atoms with Crippen LogP contribution in [0, 0.1) is 0 Å². The number of aliphatic hydroxyl groups excluding tert-OH is 1. The molecule has 1 aromatic heterocycles. The molecule has 0 saturated heterocycles. The molecule has 3 rings (SSSR count). The Morgan fingerprint density at radius 3 is 2.52 bits per heavy atom. The molecule has 5 nitrogen and oxygen atoms in total. The highest BCUT2D eigenvalue weighted by Gasteiger charge is 2.33. The average molecular weight is 398 g/mol. The van der Waals surface area contributed by atoms with Crippen LogP contribution in [0.2, 0.25) is 0 Å². The standard InChI is InChI=1S/C18H17F3N2O3S/c19-18(20,21)14-3-1-5-16(11-14)27(25,26)23-9-7-13(8-10-23)17-6-2-4-15(12-24)22-17/h1-7,11,24H,8-10,12H2. The maximum atomic E-state index is 12.9. The number of hydrogen-bond acceptors (Lipinski definition) is 4. The number of benzene rings is 1.